The molecule has 0 radical (unpaired) electrons. The lowest BCUT2D eigenvalue weighted by Gasteiger charge is -2.15. The smallest absolute Gasteiger partial charge is 0.336 e. The van der Waals surface area contributed by atoms with E-state index in [2.05, 4.69) is 20.1 Å². The fourth-order valence-corrected chi connectivity index (χ4v) is 3.77. The summed E-state index contributed by atoms with van der Waals surface area (Å²) in [5, 5.41) is 19.4. The largest absolute Gasteiger partial charge is 0.478 e. The van der Waals surface area contributed by atoms with Gasteiger partial charge in [0.2, 0.25) is 0 Å². The maximum Gasteiger partial charge on any atom is 0.336 e. The third-order valence-corrected chi connectivity index (χ3v) is 5.77. The Morgan fingerprint density at radius 2 is 1.66 bits per heavy atom. The quantitative estimate of drug-likeness (QED) is 0.163. The lowest BCUT2D eigenvalue weighted by atomic mass is 9.93. The normalized spacial score (nSPS) is 11.7. The number of anilines is 1. The number of amidine groups is 1. The Labute approximate surface area is 221 Å². The number of hydrogen-bond donors (Lipinski definition) is 4. The van der Waals surface area contributed by atoms with Crippen LogP contribution in [-0.4, -0.2) is 44.0 Å². The van der Waals surface area contributed by atoms with Gasteiger partial charge in [0.05, 0.1) is 11.8 Å². The molecule has 0 saturated carbocycles. The summed E-state index contributed by atoms with van der Waals surface area (Å²) >= 11 is 0. The van der Waals surface area contributed by atoms with E-state index in [-0.39, 0.29) is 28.8 Å². The van der Waals surface area contributed by atoms with E-state index < -0.39 is 16.1 Å². The van der Waals surface area contributed by atoms with Crippen LogP contribution in [0.3, 0.4) is 0 Å². The molecule has 0 unspecified atom stereocenters. The molecule has 11 heteroatoms. The Morgan fingerprint density at radius 3 is 2.29 bits per heavy atom. The van der Waals surface area contributed by atoms with Crippen LogP contribution in [0.15, 0.2) is 71.9 Å². The standard InChI is InChI=1S/C27H30N4O6S/c1-17(2)15-30-26(32)19-10-13-23(24(14-19)27(33)34)22-7-5-4-6-20(22)16-29-21-11-8-18(9-12-21)25(28)31-37-38(3,35)36/h4-14,17,29H,15-16H2,1-3H3,(H2,28,31)(H,30,32)(H,33,34). The van der Waals surface area contributed by atoms with E-state index in [4.69, 9.17) is 5.73 Å². The van der Waals surface area contributed by atoms with Crippen LogP contribution in [0.1, 0.15) is 45.7 Å². The summed E-state index contributed by atoms with van der Waals surface area (Å²) in [5.41, 5.74) is 9.37. The monoisotopic (exact) mass is 538 g/mol. The molecule has 3 rings (SSSR count). The SMILES string of the molecule is CC(C)CNC(=O)c1ccc(-c2ccccc2CNc2ccc(C(N)=NOS(C)(=O)=O)cc2)c(C(=O)O)c1. The van der Waals surface area contributed by atoms with Gasteiger partial charge in [-0.25, -0.2) is 4.79 Å². The highest BCUT2D eigenvalue weighted by Gasteiger charge is 2.18. The molecule has 0 aromatic heterocycles. The predicted molar refractivity (Wildman–Crippen MR) is 146 cm³/mol. The van der Waals surface area contributed by atoms with E-state index in [1.54, 1.807) is 36.4 Å². The molecule has 0 fully saturated rings. The Morgan fingerprint density at radius 1 is 1.00 bits per heavy atom. The van der Waals surface area contributed by atoms with Gasteiger partial charge in [-0.2, -0.15) is 8.42 Å². The van der Waals surface area contributed by atoms with Crippen molar-refractivity contribution in [1.82, 2.24) is 5.32 Å². The molecule has 0 heterocycles. The van der Waals surface area contributed by atoms with E-state index in [0.717, 1.165) is 23.1 Å². The van der Waals surface area contributed by atoms with E-state index in [1.165, 1.54) is 6.07 Å². The minimum Gasteiger partial charge on any atom is -0.478 e. The van der Waals surface area contributed by atoms with Crippen molar-refractivity contribution < 1.29 is 27.4 Å². The van der Waals surface area contributed by atoms with Gasteiger partial charge in [0.25, 0.3) is 5.91 Å². The molecular formula is C27H30N4O6S. The van der Waals surface area contributed by atoms with Gasteiger partial charge in [-0.3, -0.25) is 9.08 Å². The second-order valence-corrected chi connectivity index (χ2v) is 10.6. The number of aromatic carboxylic acids is 1. The summed E-state index contributed by atoms with van der Waals surface area (Å²) in [7, 11) is -3.76. The second kappa shape index (κ2) is 12.2. The number of nitrogens with zero attached hydrogens (tertiary/aromatic N) is 1. The molecule has 0 atom stereocenters. The number of oxime groups is 1. The summed E-state index contributed by atoms with van der Waals surface area (Å²) in [6, 6.07) is 18.9. The van der Waals surface area contributed by atoms with Gasteiger partial charge in [-0.15, -0.1) is 0 Å². The minimum absolute atomic E-state index is 0.0325. The first kappa shape index (κ1) is 28.2. The lowest BCUT2D eigenvalue weighted by Crippen LogP contribution is -2.27. The van der Waals surface area contributed by atoms with E-state index in [1.807, 2.05) is 38.1 Å². The molecule has 0 aliphatic rings. The third-order valence-electron chi connectivity index (χ3n) is 5.43. The summed E-state index contributed by atoms with van der Waals surface area (Å²) in [5.74, 6) is -1.27. The Balaban J connectivity index is 1.81. The summed E-state index contributed by atoms with van der Waals surface area (Å²) in [6.45, 7) is 4.83. The van der Waals surface area contributed by atoms with Crippen molar-refractivity contribution >= 4 is 33.5 Å². The molecule has 10 nitrogen and oxygen atoms in total. The highest BCUT2D eigenvalue weighted by Crippen LogP contribution is 2.29. The maximum absolute atomic E-state index is 12.5. The summed E-state index contributed by atoms with van der Waals surface area (Å²) < 4.78 is 26.5. The topological polar surface area (TPSA) is 160 Å². The van der Waals surface area contributed by atoms with Crippen LogP contribution in [-0.2, 0) is 20.9 Å². The molecule has 5 N–H and O–H groups in total. The highest BCUT2D eigenvalue weighted by atomic mass is 32.2. The number of carbonyl (C=O) groups is 2. The number of rotatable bonds is 11. The van der Waals surface area contributed by atoms with Crippen LogP contribution < -0.4 is 16.4 Å². The van der Waals surface area contributed by atoms with Crippen LogP contribution >= 0.6 is 0 Å². The fourth-order valence-electron chi connectivity index (χ4n) is 3.55. The van der Waals surface area contributed by atoms with Crippen LogP contribution in [0, 0.1) is 5.92 Å². The van der Waals surface area contributed by atoms with Crippen LogP contribution in [0.25, 0.3) is 11.1 Å². The van der Waals surface area contributed by atoms with Crippen LogP contribution in [0.4, 0.5) is 5.69 Å². The molecule has 0 aliphatic carbocycles. The van der Waals surface area contributed by atoms with Crippen LogP contribution in [0.5, 0.6) is 0 Å². The van der Waals surface area contributed by atoms with Gasteiger partial charge >= 0.3 is 16.1 Å². The second-order valence-electron chi connectivity index (χ2n) is 9.01. The highest BCUT2D eigenvalue weighted by molar-refractivity contribution is 7.85. The van der Waals surface area contributed by atoms with Gasteiger partial charge in [0.15, 0.2) is 5.84 Å². The third kappa shape index (κ3) is 7.81. The van der Waals surface area contributed by atoms with Gasteiger partial charge < -0.3 is 21.5 Å². The first-order chi connectivity index (χ1) is 17.9. The summed E-state index contributed by atoms with van der Waals surface area (Å²) in [6.07, 6.45) is 0.868. The number of nitrogens with two attached hydrogens (primary N) is 1. The molecule has 38 heavy (non-hydrogen) atoms. The van der Waals surface area contributed by atoms with Gasteiger partial charge in [-0.1, -0.05) is 44.2 Å². The maximum atomic E-state index is 12.5. The molecule has 1 amide bonds. The Hall–Kier alpha value is -4.38. The number of carboxylic acids is 1. The fraction of sp³-hybridized carbons (Fsp3) is 0.222. The number of carbonyl (C=O) groups excluding carboxylic acids is 1. The van der Waals surface area contributed by atoms with Crippen molar-refractivity contribution in [2.45, 2.75) is 20.4 Å². The first-order valence-electron chi connectivity index (χ1n) is 11.7. The van der Waals surface area contributed by atoms with Gasteiger partial charge in [0, 0.05) is 29.9 Å². The number of hydrogen-bond acceptors (Lipinski definition) is 7. The van der Waals surface area contributed by atoms with E-state index in [0.29, 0.717) is 24.2 Å². The molecule has 3 aromatic rings. The molecule has 200 valence electrons. The average Bonchev–Trinajstić information content (AvgIpc) is 2.88. The molecule has 0 bridgehead atoms. The first-order valence-corrected chi connectivity index (χ1v) is 13.6. The Kier molecular flexibility index (Phi) is 9.08. The van der Waals surface area contributed by atoms with Crippen LogP contribution in [0.2, 0.25) is 0 Å². The zero-order valence-corrected chi connectivity index (χ0v) is 22.1. The molecule has 3 aromatic carbocycles. The van der Waals surface area contributed by atoms with E-state index in [9.17, 15) is 23.1 Å². The van der Waals surface area contributed by atoms with Crippen molar-refractivity contribution in [3.05, 3.63) is 89.0 Å². The van der Waals surface area contributed by atoms with Crippen molar-refractivity contribution in [2.24, 2.45) is 16.8 Å². The lowest BCUT2D eigenvalue weighted by molar-refractivity contribution is 0.0697. The number of carboxylic acid groups (broad SMARTS) is 1. The van der Waals surface area contributed by atoms with E-state index >= 15 is 0 Å². The zero-order chi connectivity index (χ0) is 27.9. The molecular weight excluding hydrogens is 508 g/mol. The Bertz CT molecular complexity index is 1450. The zero-order valence-electron chi connectivity index (χ0n) is 21.3. The average molecular weight is 539 g/mol. The van der Waals surface area contributed by atoms with Crippen molar-refractivity contribution in [2.75, 3.05) is 18.1 Å². The van der Waals surface area contributed by atoms with Crippen molar-refractivity contribution in [3.8, 4) is 11.1 Å². The molecule has 0 spiro atoms. The molecule has 0 aliphatic heterocycles. The predicted octanol–water partition coefficient (Wildman–Crippen LogP) is 3.65. The number of amides is 1. The van der Waals surface area contributed by atoms with Gasteiger partial charge in [0.1, 0.15) is 0 Å². The number of nitrogens with one attached hydrogen (secondary N) is 2. The van der Waals surface area contributed by atoms with Gasteiger partial charge in [-0.05, 0) is 64.2 Å². The molecule has 0 saturated heterocycles. The van der Waals surface area contributed by atoms with Crippen molar-refractivity contribution in [1.29, 1.82) is 0 Å². The summed E-state index contributed by atoms with van der Waals surface area (Å²) in [4.78, 5) is 24.6. The minimum atomic E-state index is -3.76. The number of benzene rings is 3. The van der Waals surface area contributed by atoms with Crippen molar-refractivity contribution in [3.63, 3.8) is 0 Å².